The van der Waals surface area contributed by atoms with E-state index in [2.05, 4.69) is 5.32 Å². The highest BCUT2D eigenvalue weighted by molar-refractivity contribution is 5.97. The molecule has 0 spiro atoms. The largest absolute Gasteiger partial charge is 0.482 e. The summed E-state index contributed by atoms with van der Waals surface area (Å²) in [6.45, 7) is 0.552. The fourth-order valence-corrected chi connectivity index (χ4v) is 2.75. The van der Waals surface area contributed by atoms with Gasteiger partial charge < -0.3 is 24.4 Å². The summed E-state index contributed by atoms with van der Waals surface area (Å²) in [5.41, 5.74) is 2.07. The summed E-state index contributed by atoms with van der Waals surface area (Å²) in [4.78, 5) is 25.6. The average molecular weight is 340 g/mol. The van der Waals surface area contributed by atoms with Crippen molar-refractivity contribution < 1.29 is 23.8 Å². The Balaban J connectivity index is 1.46. The fraction of sp³-hybridized carbons (Fsp3) is 0.222. The van der Waals surface area contributed by atoms with E-state index in [1.807, 2.05) is 12.1 Å². The number of amides is 2. The number of benzene rings is 2. The van der Waals surface area contributed by atoms with E-state index in [0.717, 1.165) is 5.56 Å². The van der Waals surface area contributed by atoms with Crippen molar-refractivity contribution in [2.24, 2.45) is 0 Å². The first kappa shape index (κ1) is 15.3. The van der Waals surface area contributed by atoms with Crippen LogP contribution in [0.2, 0.25) is 0 Å². The van der Waals surface area contributed by atoms with Crippen LogP contribution in [-0.4, -0.2) is 32.3 Å². The highest BCUT2D eigenvalue weighted by Crippen LogP contribution is 2.33. The molecule has 0 aliphatic carbocycles. The number of nitrogens with zero attached hydrogens (tertiary/aromatic N) is 1. The van der Waals surface area contributed by atoms with Crippen LogP contribution in [0.5, 0.6) is 17.2 Å². The van der Waals surface area contributed by atoms with Crippen LogP contribution in [-0.2, 0) is 11.3 Å². The standard InChI is InChI=1S/C18H16N2O5/c1-20-13-6-11(2-4-14(13)23-9-17(20)21)8-19-18(22)12-3-5-15-16(7-12)25-10-24-15/h2-7H,8-10H2,1H3,(H,19,22). The predicted octanol–water partition coefficient (Wildman–Crippen LogP) is 1.70. The number of carbonyl (C=O) groups is 2. The van der Waals surface area contributed by atoms with Crippen molar-refractivity contribution in [2.45, 2.75) is 6.54 Å². The molecule has 128 valence electrons. The topological polar surface area (TPSA) is 77.1 Å². The minimum atomic E-state index is -0.211. The van der Waals surface area contributed by atoms with Gasteiger partial charge in [-0.3, -0.25) is 9.59 Å². The average Bonchev–Trinajstić information content (AvgIpc) is 3.10. The second kappa shape index (κ2) is 6.01. The van der Waals surface area contributed by atoms with E-state index in [4.69, 9.17) is 14.2 Å². The molecule has 0 aromatic heterocycles. The Morgan fingerprint density at radius 1 is 1.08 bits per heavy atom. The number of likely N-dealkylation sites (N-methyl/N-ethyl adjacent to an activating group) is 1. The number of ether oxygens (including phenoxy) is 3. The molecule has 0 bridgehead atoms. The Morgan fingerprint density at radius 2 is 1.88 bits per heavy atom. The number of rotatable bonds is 3. The van der Waals surface area contributed by atoms with Crippen molar-refractivity contribution >= 4 is 17.5 Å². The van der Waals surface area contributed by atoms with E-state index in [0.29, 0.717) is 35.0 Å². The second-order valence-electron chi connectivity index (χ2n) is 5.79. The van der Waals surface area contributed by atoms with Gasteiger partial charge in [0.05, 0.1) is 5.69 Å². The Bertz CT molecular complexity index is 865. The Kier molecular flexibility index (Phi) is 3.68. The lowest BCUT2D eigenvalue weighted by Gasteiger charge is -2.26. The summed E-state index contributed by atoms with van der Waals surface area (Å²) < 4.78 is 15.9. The molecule has 7 nitrogen and oxygen atoms in total. The molecule has 2 aliphatic heterocycles. The van der Waals surface area contributed by atoms with Crippen LogP contribution in [0.4, 0.5) is 5.69 Å². The third-order valence-corrected chi connectivity index (χ3v) is 4.20. The van der Waals surface area contributed by atoms with Crippen LogP contribution < -0.4 is 24.4 Å². The summed E-state index contributed by atoms with van der Waals surface area (Å²) in [5.74, 6) is 1.55. The van der Waals surface area contributed by atoms with Gasteiger partial charge in [0.15, 0.2) is 18.1 Å². The van der Waals surface area contributed by atoms with E-state index < -0.39 is 0 Å². The molecule has 4 rings (SSSR count). The van der Waals surface area contributed by atoms with Crippen molar-refractivity contribution in [3.05, 3.63) is 47.5 Å². The van der Waals surface area contributed by atoms with Crippen LogP contribution in [0.15, 0.2) is 36.4 Å². The molecule has 2 aliphatic rings. The van der Waals surface area contributed by atoms with Gasteiger partial charge in [0.2, 0.25) is 6.79 Å². The normalized spacial score (nSPS) is 14.8. The quantitative estimate of drug-likeness (QED) is 0.920. The molecule has 0 radical (unpaired) electrons. The van der Waals surface area contributed by atoms with Gasteiger partial charge in [-0.25, -0.2) is 0 Å². The minimum Gasteiger partial charge on any atom is -0.482 e. The van der Waals surface area contributed by atoms with E-state index >= 15 is 0 Å². The van der Waals surface area contributed by atoms with Crippen LogP contribution in [0.25, 0.3) is 0 Å². The molecule has 0 saturated carbocycles. The molecule has 2 amide bonds. The second-order valence-corrected chi connectivity index (χ2v) is 5.79. The minimum absolute atomic E-state index is 0.0453. The van der Waals surface area contributed by atoms with Crippen LogP contribution in [0.1, 0.15) is 15.9 Å². The third kappa shape index (κ3) is 2.84. The summed E-state index contributed by atoms with van der Waals surface area (Å²) in [7, 11) is 1.71. The number of hydrogen-bond donors (Lipinski definition) is 1. The highest BCUT2D eigenvalue weighted by Gasteiger charge is 2.22. The van der Waals surface area contributed by atoms with Gasteiger partial charge in [-0.1, -0.05) is 6.07 Å². The summed E-state index contributed by atoms with van der Waals surface area (Å²) in [5, 5.41) is 2.86. The monoisotopic (exact) mass is 340 g/mol. The molecule has 0 atom stereocenters. The summed E-state index contributed by atoms with van der Waals surface area (Å²) >= 11 is 0. The van der Waals surface area contributed by atoms with Crippen LogP contribution in [0, 0.1) is 0 Å². The first-order chi connectivity index (χ1) is 12.1. The first-order valence-electron chi connectivity index (χ1n) is 7.82. The molecule has 0 saturated heterocycles. The van der Waals surface area contributed by atoms with E-state index in [1.165, 1.54) is 0 Å². The van der Waals surface area contributed by atoms with Gasteiger partial charge >= 0.3 is 0 Å². The molecular formula is C18H16N2O5. The lowest BCUT2D eigenvalue weighted by Crippen LogP contribution is -2.35. The lowest BCUT2D eigenvalue weighted by atomic mass is 10.1. The van der Waals surface area contributed by atoms with E-state index in [-0.39, 0.29) is 25.2 Å². The van der Waals surface area contributed by atoms with E-state index in [9.17, 15) is 9.59 Å². The van der Waals surface area contributed by atoms with E-state index in [1.54, 1.807) is 36.2 Å². The molecule has 1 N–H and O–H groups in total. The van der Waals surface area contributed by atoms with Gasteiger partial charge in [-0.15, -0.1) is 0 Å². The van der Waals surface area contributed by atoms with Crippen molar-refractivity contribution in [2.75, 3.05) is 25.3 Å². The number of fused-ring (bicyclic) bond motifs is 2. The van der Waals surface area contributed by atoms with Gasteiger partial charge in [0, 0.05) is 19.2 Å². The smallest absolute Gasteiger partial charge is 0.264 e. The SMILES string of the molecule is CN1C(=O)COc2ccc(CNC(=O)c3ccc4c(c3)OCO4)cc21. The molecule has 25 heavy (non-hydrogen) atoms. The number of anilines is 1. The molecule has 7 heteroatoms. The van der Waals surface area contributed by atoms with Gasteiger partial charge in [-0.05, 0) is 35.9 Å². The maximum Gasteiger partial charge on any atom is 0.264 e. The molecule has 2 heterocycles. The molecule has 0 unspecified atom stereocenters. The zero-order valence-corrected chi connectivity index (χ0v) is 13.6. The number of hydrogen-bond acceptors (Lipinski definition) is 5. The predicted molar refractivity (Wildman–Crippen MR) is 89.1 cm³/mol. The lowest BCUT2D eigenvalue weighted by molar-refractivity contribution is -0.120. The molecule has 0 fully saturated rings. The number of carbonyl (C=O) groups excluding carboxylic acids is 2. The van der Waals surface area contributed by atoms with Crippen molar-refractivity contribution in [1.29, 1.82) is 0 Å². The summed E-state index contributed by atoms with van der Waals surface area (Å²) in [6.07, 6.45) is 0. The zero-order valence-electron chi connectivity index (χ0n) is 13.6. The van der Waals surface area contributed by atoms with Crippen molar-refractivity contribution in [1.82, 2.24) is 5.32 Å². The maximum atomic E-state index is 12.3. The van der Waals surface area contributed by atoms with Crippen LogP contribution in [0.3, 0.4) is 0 Å². The highest BCUT2D eigenvalue weighted by atomic mass is 16.7. The van der Waals surface area contributed by atoms with Crippen LogP contribution >= 0.6 is 0 Å². The third-order valence-electron chi connectivity index (χ3n) is 4.20. The Labute approximate surface area is 144 Å². The van der Waals surface area contributed by atoms with Gasteiger partial charge in [-0.2, -0.15) is 0 Å². The van der Waals surface area contributed by atoms with Crippen molar-refractivity contribution in [3.8, 4) is 17.2 Å². The van der Waals surface area contributed by atoms with Gasteiger partial charge in [0.25, 0.3) is 11.8 Å². The summed E-state index contributed by atoms with van der Waals surface area (Å²) in [6, 6.07) is 10.6. The fourth-order valence-electron chi connectivity index (χ4n) is 2.75. The maximum absolute atomic E-state index is 12.3. The Morgan fingerprint density at radius 3 is 2.76 bits per heavy atom. The zero-order chi connectivity index (χ0) is 17.4. The molecule has 2 aromatic rings. The Hall–Kier alpha value is -3.22. The first-order valence-corrected chi connectivity index (χ1v) is 7.82. The van der Waals surface area contributed by atoms with Gasteiger partial charge in [0.1, 0.15) is 5.75 Å². The van der Waals surface area contributed by atoms with Crippen molar-refractivity contribution in [3.63, 3.8) is 0 Å². The molecular weight excluding hydrogens is 324 g/mol. The molecule has 2 aromatic carbocycles. The number of nitrogens with one attached hydrogen (secondary N) is 1.